The Morgan fingerprint density at radius 3 is 2.48 bits per heavy atom. The second-order valence-electron chi connectivity index (χ2n) is 8.15. The highest BCUT2D eigenvalue weighted by atomic mass is 19.1. The second kappa shape index (κ2) is 8.39. The number of hydrogen-bond donors (Lipinski definition) is 1. The summed E-state index contributed by atoms with van der Waals surface area (Å²) < 4.78 is 20.0. The van der Waals surface area contributed by atoms with E-state index in [9.17, 15) is 14.0 Å². The zero-order chi connectivity index (χ0) is 20.4. The molecule has 2 aliphatic rings. The van der Waals surface area contributed by atoms with Gasteiger partial charge in [0.2, 0.25) is 5.91 Å². The predicted octanol–water partition coefficient (Wildman–Crippen LogP) is 4.17. The Morgan fingerprint density at radius 2 is 1.79 bits per heavy atom. The van der Waals surface area contributed by atoms with Gasteiger partial charge in [0.15, 0.2) is 0 Å². The van der Waals surface area contributed by atoms with E-state index in [0.717, 1.165) is 43.9 Å². The van der Waals surface area contributed by atoms with Crippen LogP contribution in [0.15, 0.2) is 30.3 Å². The molecular formula is C23H26FNO4. The van der Waals surface area contributed by atoms with E-state index in [1.54, 1.807) is 18.2 Å². The molecule has 5 nitrogen and oxygen atoms in total. The molecule has 6 heteroatoms. The number of piperidine rings is 1. The molecule has 0 aromatic heterocycles. The van der Waals surface area contributed by atoms with E-state index >= 15 is 0 Å². The van der Waals surface area contributed by atoms with Crippen molar-refractivity contribution in [1.82, 2.24) is 4.90 Å². The van der Waals surface area contributed by atoms with Crippen molar-refractivity contribution in [2.45, 2.75) is 51.0 Å². The molecule has 2 fully saturated rings. The summed E-state index contributed by atoms with van der Waals surface area (Å²) in [5, 5.41) is 10.5. The predicted molar refractivity (Wildman–Crippen MR) is 107 cm³/mol. The molecule has 29 heavy (non-hydrogen) atoms. The molecule has 2 aromatic rings. The Balaban J connectivity index is 1.48. The first-order valence-electron chi connectivity index (χ1n) is 10.4. The monoisotopic (exact) mass is 399 g/mol. The number of carbonyl (C=O) groups excluding carboxylic acids is 1. The zero-order valence-corrected chi connectivity index (χ0v) is 16.4. The van der Waals surface area contributed by atoms with Crippen molar-refractivity contribution < 1.29 is 23.8 Å². The van der Waals surface area contributed by atoms with Crippen LogP contribution in [0.5, 0.6) is 5.75 Å². The van der Waals surface area contributed by atoms with E-state index in [2.05, 4.69) is 0 Å². The van der Waals surface area contributed by atoms with E-state index in [1.807, 2.05) is 4.90 Å². The lowest BCUT2D eigenvalue weighted by Gasteiger charge is -2.34. The third kappa shape index (κ3) is 4.52. The fourth-order valence-corrected chi connectivity index (χ4v) is 4.53. The lowest BCUT2D eigenvalue weighted by molar-refractivity contribution is -0.137. The van der Waals surface area contributed by atoms with E-state index in [-0.39, 0.29) is 30.2 Å². The molecule has 4 rings (SSSR count). The van der Waals surface area contributed by atoms with Gasteiger partial charge in [-0.05, 0) is 42.0 Å². The maximum Gasteiger partial charge on any atom is 0.307 e. The van der Waals surface area contributed by atoms with Crippen molar-refractivity contribution >= 4 is 22.6 Å². The van der Waals surface area contributed by atoms with Crippen molar-refractivity contribution in [2.75, 3.05) is 13.1 Å². The van der Waals surface area contributed by atoms with Crippen LogP contribution in [0.3, 0.4) is 0 Å². The molecule has 1 heterocycles. The highest BCUT2D eigenvalue weighted by Gasteiger charge is 2.30. The molecule has 1 aliphatic heterocycles. The number of amides is 1. The minimum Gasteiger partial charge on any atom is -0.490 e. The fraction of sp³-hybridized carbons (Fsp3) is 0.478. The molecule has 1 N–H and O–H groups in total. The zero-order valence-electron chi connectivity index (χ0n) is 16.4. The summed E-state index contributed by atoms with van der Waals surface area (Å²) in [5.74, 6) is -0.302. The minimum atomic E-state index is -0.920. The molecule has 154 valence electrons. The van der Waals surface area contributed by atoms with Gasteiger partial charge < -0.3 is 14.7 Å². The third-order valence-corrected chi connectivity index (χ3v) is 6.05. The Hall–Kier alpha value is -2.63. The molecular weight excluding hydrogens is 373 g/mol. The van der Waals surface area contributed by atoms with E-state index < -0.39 is 5.97 Å². The maximum absolute atomic E-state index is 13.8. The van der Waals surface area contributed by atoms with Crippen molar-refractivity contribution in [3.63, 3.8) is 0 Å². The van der Waals surface area contributed by atoms with Gasteiger partial charge in [0, 0.05) is 37.2 Å². The molecule has 1 saturated carbocycles. The van der Waals surface area contributed by atoms with Crippen molar-refractivity contribution in [1.29, 1.82) is 0 Å². The molecule has 1 amide bonds. The van der Waals surface area contributed by atoms with E-state index in [1.165, 1.54) is 12.1 Å². The molecule has 0 atom stereocenters. The summed E-state index contributed by atoms with van der Waals surface area (Å²) in [6.07, 6.45) is 5.55. The second-order valence-corrected chi connectivity index (χ2v) is 8.15. The number of fused-ring (bicyclic) bond motifs is 1. The summed E-state index contributed by atoms with van der Waals surface area (Å²) >= 11 is 0. The Morgan fingerprint density at radius 1 is 1.07 bits per heavy atom. The standard InChI is InChI=1S/C23H26FNO4/c24-18-6-5-17-11-15(13-22(26)27)12-21(20(17)14-18)29-19-7-9-25(10-8-19)23(28)16-3-1-2-4-16/h5-6,11-12,14,16,19H,1-4,7-10,13H2,(H,26,27). The van der Waals surface area contributed by atoms with Crippen LogP contribution in [0.1, 0.15) is 44.1 Å². The number of carbonyl (C=O) groups is 2. The number of likely N-dealkylation sites (tertiary alicyclic amines) is 1. The van der Waals surface area contributed by atoms with Gasteiger partial charge in [-0.3, -0.25) is 9.59 Å². The van der Waals surface area contributed by atoms with Crippen LogP contribution in [-0.2, 0) is 16.0 Å². The summed E-state index contributed by atoms with van der Waals surface area (Å²) in [4.78, 5) is 25.7. The van der Waals surface area contributed by atoms with Gasteiger partial charge in [-0.25, -0.2) is 4.39 Å². The molecule has 1 aliphatic carbocycles. The highest BCUT2D eigenvalue weighted by Crippen LogP contribution is 2.32. The number of nitrogens with zero attached hydrogens (tertiary/aromatic N) is 1. The van der Waals surface area contributed by atoms with Crippen LogP contribution in [0.4, 0.5) is 4.39 Å². The van der Waals surface area contributed by atoms with Crippen LogP contribution in [0, 0.1) is 11.7 Å². The molecule has 2 aromatic carbocycles. The number of halogens is 1. The van der Waals surface area contributed by atoms with Gasteiger partial charge in [0.25, 0.3) is 0 Å². The lowest BCUT2D eigenvalue weighted by atomic mass is 10.0. The topological polar surface area (TPSA) is 66.8 Å². The van der Waals surface area contributed by atoms with Crippen LogP contribution < -0.4 is 4.74 Å². The SMILES string of the molecule is O=C(O)Cc1cc(OC2CCN(C(=O)C3CCCC3)CC2)c2cc(F)ccc2c1. The van der Waals surface area contributed by atoms with E-state index in [0.29, 0.717) is 29.8 Å². The van der Waals surface area contributed by atoms with Gasteiger partial charge in [-0.2, -0.15) is 0 Å². The van der Waals surface area contributed by atoms with Crippen molar-refractivity contribution in [3.05, 3.63) is 41.7 Å². The maximum atomic E-state index is 13.8. The van der Waals surface area contributed by atoms with Gasteiger partial charge in [0.05, 0.1) is 6.42 Å². The Kier molecular flexibility index (Phi) is 5.69. The molecule has 0 spiro atoms. The molecule has 0 bridgehead atoms. The number of ether oxygens (including phenoxy) is 1. The van der Waals surface area contributed by atoms with Gasteiger partial charge in [-0.15, -0.1) is 0 Å². The summed E-state index contributed by atoms with van der Waals surface area (Å²) in [7, 11) is 0. The van der Waals surface area contributed by atoms with E-state index in [4.69, 9.17) is 9.84 Å². The van der Waals surface area contributed by atoms with Crippen molar-refractivity contribution in [2.24, 2.45) is 5.92 Å². The number of rotatable bonds is 5. The minimum absolute atomic E-state index is 0.0748. The first-order chi connectivity index (χ1) is 14.0. The first-order valence-corrected chi connectivity index (χ1v) is 10.4. The highest BCUT2D eigenvalue weighted by molar-refractivity contribution is 5.90. The largest absolute Gasteiger partial charge is 0.490 e. The molecule has 0 radical (unpaired) electrons. The lowest BCUT2D eigenvalue weighted by Crippen LogP contribution is -2.44. The number of benzene rings is 2. The Labute approximate surface area is 169 Å². The number of hydrogen-bond acceptors (Lipinski definition) is 3. The van der Waals surface area contributed by atoms with Gasteiger partial charge in [0.1, 0.15) is 17.7 Å². The Bertz CT molecular complexity index is 914. The number of aliphatic carboxylic acids is 1. The van der Waals surface area contributed by atoms with Crippen LogP contribution in [0.2, 0.25) is 0 Å². The smallest absolute Gasteiger partial charge is 0.307 e. The van der Waals surface area contributed by atoms with Crippen LogP contribution >= 0.6 is 0 Å². The average Bonchev–Trinajstić information content (AvgIpc) is 3.23. The van der Waals surface area contributed by atoms with Crippen LogP contribution in [0.25, 0.3) is 10.8 Å². The first kappa shape index (κ1) is 19.7. The average molecular weight is 399 g/mol. The van der Waals surface area contributed by atoms with Crippen molar-refractivity contribution in [3.8, 4) is 5.75 Å². The van der Waals surface area contributed by atoms with Gasteiger partial charge >= 0.3 is 5.97 Å². The number of carboxylic acids is 1. The third-order valence-electron chi connectivity index (χ3n) is 6.05. The number of carboxylic acid groups (broad SMARTS) is 1. The normalized spacial score (nSPS) is 18.3. The quantitative estimate of drug-likeness (QED) is 0.820. The van der Waals surface area contributed by atoms with Gasteiger partial charge in [-0.1, -0.05) is 25.0 Å². The molecule has 0 unspecified atom stereocenters. The van der Waals surface area contributed by atoms with Crippen LogP contribution in [-0.4, -0.2) is 41.1 Å². The summed E-state index contributed by atoms with van der Waals surface area (Å²) in [6, 6.07) is 7.90. The molecule has 1 saturated heterocycles. The summed E-state index contributed by atoms with van der Waals surface area (Å²) in [5.41, 5.74) is 0.625. The fourth-order valence-electron chi connectivity index (χ4n) is 4.53. The summed E-state index contributed by atoms with van der Waals surface area (Å²) in [6.45, 7) is 1.34.